The van der Waals surface area contributed by atoms with Gasteiger partial charge in [-0.2, -0.15) is 0 Å². The third kappa shape index (κ3) is 2.21. The van der Waals surface area contributed by atoms with Crippen molar-refractivity contribution in [2.75, 3.05) is 0 Å². The first-order valence-corrected chi connectivity index (χ1v) is 8.87. The van der Waals surface area contributed by atoms with Crippen LogP contribution in [0.2, 0.25) is 0 Å². The number of hydrogen-bond acceptors (Lipinski definition) is 0. The Balaban J connectivity index is 2.10. The molecule has 0 nitrogen and oxygen atoms in total. The molecule has 1 unspecified atom stereocenters. The van der Waals surface area contributed by atoms with Crippen LogP contribution in [0.15, 0.2) is 79.9 Å². The molecule has 0 bridgehead atoms. The van der Waals surface area contributed by atoms with E-state index in [9.17, 15) is 0 Å². The molecule has 1 heteroatoms. The molecule has 1 atom stereocenters. The van der Waals surface area contributed by atoms with Gasteiger partial charge >= 0.3 is 0 Å². The molecule has 4 rings (SSSR count). The fraction of sp³-hybridized carbons (Fsp3) is 0. The zero-order valence-corrected chi connectivity index (χ0v) is 13.6. The van der Waals surface area contributed by atoms with E-state index in [1.807, 2.05) is 12.2 Å². The first-order chi connectivity index (χ1) is 11.3. The van der Waals surface area contributed by atoms with Gasteiger partial charge in [-0.15, -0.1) is 0 Å². The van der Waals surface area contributed by atoms with Gasteiger partial charge in [0.25, 0.3) is 0 Å². The molecule has 0 fully saturated rings. The normalized spacial score (nSPS) is 11.7. The van der Waals surface area contributed by atoms with E-state index in [2.05, 4.69) is 79.9 Å². The number of thiophene rings is 1. The fourth-order valence-electron chi connectivity index (χ4n) is 3.04. The SMILES string of the molecule is C=Cc1ccc(-[s+]2c3ccccc3c3cc(C=C)ccc32)cc1. The summed E-state index contributed by atoms with van der Waals surface area (Å²) in [6, 6.07) is 24.2. The lowest BCUT2D eigenvalue weighted by atomic mass is 10.1. The molecule has 0 spiro atoms. The highest BCUT2D eigenvalue weighted by atomic mass is 32.2. The molecular formula is C22H17S+. The Kier molecular flexibility index (Phi) is 3.36. The molecule has 0 amide bonds. The second-order valence-electron chi connectivity index (χ2n) is 5.54. The number of fused-ring (bicyclic) bond motifs is 3. The second-order valence-corrected chi connectivity index (χ2v) is 7.50. The van der Waals surface area contributed by atoms with Crippen LogP contribution in [0.4, 0.5) is 0 Å². The molecule has 0 saturated carbocycles. The third-order valence-corrected chi connectivity index (χ3v) is 6.54. The van der Waals surface area contributed by atoms with Crippen molar-refractivity contribution in [2.24, 2.45) is 0 Å². The van der Waals surface area contributed by atoms with Crippen molar-refractivity contribution in [1.29, 1.82) is 0 Å². The summed E-state index contributed by atoms with van der Waals surface area (Å²) < 4.78 is 2.82. The highest BCUT2D eigenvalue weighted by molar-refractivity contribution is 7.50. The van der Waals surface area contributed by atoms with Crippen LogP contribution in [0.5, 0.6) is 0 Å². The van der Waals surface area contributed by atoms with Crippen LogP contribution in [-0.4, -0.2) is 0 Å². The summed E-state index contributed by atoms with van der Waals surface area (Å²) in [6.45, 7) is 7.74. The van der Waals surface area contributed by atoms with Crippen LogP contribution in [0, 0.1) is 0 Å². The summed E-state index contributed by atoms with van der Waals surface area (Å²) in [5.41, 5.74) is 2.33. The topological polar surface area (TPSA) is 0 Å². The van der Waals surface area contributed by atoms with Crippen LogP contribution in [-0.2, 0) is 0 Å². The van der Waals surface area contributed by atoms with Gasteiger partial charge in [-0.3, -0.25) is 0 Å². The Morgan fingerprint density at radius 3 is 2.04 bits per heavy atom. The lowest BCUT2D eigenvalue weighted by molar-refractivity contribution is 1.70. The minimum atomic E-state index is -0.0297. The molecule has 4 aromatic rings. The van der Waals surface area contributed by atoms with Gasteiger partial charge < -0.3 is 0 Å². The molecule has 110 valence electrons. The van der Waals surface area contributed by atoms with Crippen LogP contribution in [0.3, 0.4) is 0 Å². The fourth-order valence-corrected chi connectivity index (χ4v) is 5.40. The summed E-state index contributed by atoms with van der Waals surface area (Å²) in [5, 5.41) is 2.69. The minimum absolute atomic E-state index is 0.0297. The average Bonchev–Trinajstić information content (AvgIpc) is 2.95. The smallest absolute Gasteiger partial charge is 0.0985 e. The molecular weight excluding hydrogens is 296 g/mol. The van der Waals surface area contributed by atoms with E-state index < -0.39 is 0 Å². The summed E-state index contributed by atoms with van der Waals surface area (Å²) in [6.07, 6.45) is 3.80. The zero-order valence-electron chi connectivity index (χ0n) is 12.8. The van der Waals surface area contributed by atoms with Gasteiger partial charge in [0, 0.05) is 21.2 Å². The molecule has 0 aliphatic rings. The Morgan fingerprint density at radius 1 is 0.652 bits per heavy atom. The highest BCUT2D eigenvalue weighted by Crippen LogP contribution is 2.48. The lowest BCUT2D eigenvalue weighted by Gasteiger charge is -1.95. The summed E-state index contributed by atoms with van der Waals surface area (Å²) in [7, 11) is -0.0297. The Labute approximate surface area is 139 Å². The Morgan fingerprint density at radius 2 is 1.30 bits per heavy atom. The van der Waals surface area contributed by atoms with Crippen molar-refractivity contribution in [3.8, 4) is 4.90 Å². The van der Waals surface area contributed by atoms with Gasteiger partial charge in [0.05, 0.1) is 0 Å². The quantitative estimate of drug-likeness (QED) is 0.357. The van der Waals surface area contributed by atoms with Crippen LogP contribution < -0.4 is 0 Å². The number of rotatable bonds is 3. The van der Waals surface area contributed by atoms with E-state index in [1.54, 1.807) is 0 Å². The third-order valence-electron chi connectivity index (χ3n) is 4.21. The van der Waals surface area contributed by atoms with Crippen molar-refractivity contribution in [3.05, 3.63) is 91.0 Å². The van der Waals surface area contributed by atoms with Gasteiger partial charge in [-0.1, -0.05) is 37.4 Å². The van der Waals surface area contributed by atoms with E-state index in [4.69, 9.17) is 0 Å². The minimum Gasteiger partial charge on any atom is -0.0985 e. The van der Waals surface area contributed by atoms with Gasteiger partial charge in [0.1, 0.15) is 0 Å². The predicted molar refractivity (Wildman–Crippen MR) is 105 cm³/mol. The van der Waals surface area contributed by atoms with Gasteiger partial charge in [-0.05, 0) is 65.7 Å². The average molecular weight is 313 g/mol. The standard InChI is InChI=1S/C22H17S/c1-3-16-9-12-18(13-10-16)23-21-8-6-5-7-19(21)20-15-17(4-2)11-14-22(20)23/h3-15H,1-2H2/q+1. The van der Waals surface area contributed by atoms with E-state index in [-0.39, 0.29) is 10.5 Å². The van der Waals surface area contributed by atoms with Crippen LogP contribution >= 0.6 is 10.5 Å². The molecule has 1 aromatic heterocycles. The maximum absolute atomic E-state index is 3.90. The summed E-state index contributed by atoms with van der Waals surface area (Å²) in [5.74, 6) is 0. The predicted octanol–water partition coefficient (Wildman–Crippen LogP) is 7.02. The molecule has 0 aliphatic carbocycles. The highest BCUT2D eigenvalue weighted by Gasteiger charge is 2.23. The molecule has 0 radical (unpaired) electrons. The molecule has 0 saturated heterocycles. The first-order valence-electron chi connectivity index (χ1n) is 7.64. The molecule has 1 heterocycles. The maximum atomic E-state index is 3.90. The monoisotopic (exact) mass is 313 g/mol. The van der Waals surface area contributed by atoms with Crippen molar-refractivity contribution in [2.45, 2.75) is 0 Å². The largest absolute Gasteiger partial charge is 0.187 e. The van der Waals surface area contributed by atoms with Crippen molar-refractivity contribution in [1.82, 2.24) is 0 Å². The molecule has 0 aliphatic heterocycles. The molecule has 3 aromatic carbocycles. The first kappa shape index (κ1) is 14.0. The molecule has 0 N–H and O–H groups in total. The Hall–Kier alpha value is -2.64. The number of hydrogen-bond donors (Lipinski definition) is 0. The van der Waals surface area contributed by atoms with Crippen molar-refractivity contribution >= 4 is 42.8 Å². The maximum Gasteiger partial charge on any atom is 0.187 e. The van der Waals surface area contributed by atoms with Crippen molar-refractivity contribution in [3.63, 3.8) is 0 Å². The zero-order chi connectivity index (χ0) is 15.8. The van der Waals surface area contributed by atoms with E-state index in [0.29, 0.717) is 0 Å². The summed E-state index contributed by atoms with van der Waals surface area (Å²) in [4.78, 5) is 1.35. The second kappa shape index (κ2) is 5.53. The van der Waals surface area contributed by atoms with Gasteiger partial charge in [0.15, 0.2) is 14.3 Å². The van der Waals surface area contributed by atoms with Crippen LogP contribution in [0.25, 0.3) is 37.2 Å². The van der Waals surface area contributed by atoms with Crippen LogP contribution in [0.1, 0.15) is 11.1 Å². The summed E-state index contributed by atoms with van der Waals surface area (Å²) >= 11 is 0. The lowest BCUT2D eigenvalue weighted by Crippen LogP contribution is -1.74. The Bertz CT molecular complexity index is 1030. The van der Waals surface area contributed by atoms with Crippen molar-refractivity contribution < 1.29 is 0 Å². The van der Waals surface area contributed by atoms with Gasteiger partial charge in [-0.25, -0.2) is 0 Å². The van der Waals surface area contributed by atoms with E-state index in [0.717, 1.165) is 5.56 Å². The number of benzene rings is 3. The van der Waals surface area contributed by atoms with Gasteiger partial charge in [0.2, 0.25) is 0 Å². The van der Waals surface area contributed by atoms with E-state index in [1.165, 1.54) is 30.6 Å². The molecule has 23 heavy (non-hydrogen) atoms. The van der Waals surface area contributed by atoms with E-state index >= 15 is 0 Å².